The second-order valence-electron chi connectivity index (χ2n) is 2.64. The molecule has 2 nitrogen and oxygen atoms in total. The van der Waals surface area contributed by atoms with Gasteiger partial charge < -0.3 is 10.0 Å². The molecule has 1 unspecified atom stereocenters. The zero-order valence-corrected chi connectivity index (χ0v) is 6.44. The third-order valence-corrected chi connectivity index (χ3v) is 1.59. The molecule has 0 fully saturated rings. The molecule has 0 radical (unpaired) electrons. The van der Waals surface area contributed by atoms with Crippen molar-refractivity contribution in [2.24, 2.45) is 5.92 Å². The molecule has 0 aromatic rings. The van der Waals surface area contributed by atoms with Crippen LogP contribution >= 0.6 is 0 Å². The monoisotopic (exact) mass is 150 g/mol. The summed E-state index contributed by atoms with van der Waals surface area (Å²) in [6, 6.07) is 0. The minimum atomic E-state index is -1.36. The van der Waals surface area contributed by atoms with E-state index in [4.69, 9.17) is 10.0 Å². The summed E-state index contributed by atoms with van der Waals surface area (Å²) < 4.78 is 0. The predicted molar refractivity (Wildman–Crippen MR) is 45.7 cm³/mol. The number of rotatable bonds is 1. The molecule has 3 heteroatoms. The largest absolute Gasteiger partial charge is 0.488 e. The lowest BCUT2D eigenvalue weighted by Crippen LogP contribution is -2.13. The smallest absolute Gasteiger partial charge is 0.423 e. The van der Waals surface area contributed by atoms with Gasteiger partial charge >= 0.3 is 7.12 Å². The van der Waals surface area contributed by atoms with Crippen molar-refractivity contribution in [3.8, 4) is 0 Å². The molecule has 2 N–H and O–H groups in total. The highest BCUT2D eigenvalue weighted by atomic mass is 16.4. The van der Waals surface area contributed by atoms with E-state index in [1.54, 1.807) is 12.2 Å². The van der Waals surface area contributed by atoms with E-state index >= 15 is 0 Å². The molecule has 11 heavy (non-hydrogen) atoms. The Kier molecular flexibility index (Phi) is 2.68. The Labute approximate surface area is 66.7 Å². The van der Waals surface area contributed by atoms with E-state index in [-0.39, 0.29) is 0 Å². The molecule has 1 aliphatic carbocycles. The molecular weight excluding hydrogens is 139 g/mol. The molecule has 1 atom stereocenters. The lowest BCUT2D eigenvalue weighted by Gasteiger charge is -1.96. The van der Waals surface area contributed by atoms with Gasteiger partial charge in [-0.05, 0) is 11.4 Å². The topological polar surface area (TPSA) is 40.5 Å². The summed E-state index contributed by atoms with van der Waals surface area (Å²) in [6.45, 7) is 2.04. The second kappa shape index (κ2) is 3.55. The molecule has 0 bridgehead atoms. The van der Waals surface area contributed by atoms with Gasteiger partial charge in [0.2, 0.25) is 0 Å². The van der Waals surface area contributed by atoms with Crippen molar-refractivity contribution in [1.29, 1.82) is 0 Å². The van der Waals surface area contributed by atoms with Gasteiger partial charge in [0.1, 0.15) is 0 Å². The van der Waals surface area contributed by atoms with Gasteiger partial charge in [-0.25, -0.2) is 0 Å². The molecule has 0 heterocycles. The summed E-state index contributed by atoms with van der Waals surface area (Å²) in [5.41, 5.74) is 0.533. The summed E-state index contributed by atoms with van der Waals surface area (Å²) in [5.74, 6) is 0.363. The maximum Gasteiger partial charge on any atom is 0.488 e. The maximum absolute atomic E-state index is 8.79. The quantitative estimate of drug-likeness (QED) is 0.539. The van der Waals surface area contributed by atoms with Gasteiger partial charge in [-0.3, -0.25) is 0 Å². The van der Waals surface area contributed by atoms with E-state index in [0.29, 0.717) is 11.4 Å². The molecule has 0 spiro atoms. The van der Waals surface area contributed by atoms with Gasteiger partial charge in [0.15, 0.2) is 0 Å². The van der Waals surface area contributed by atoms with Crippen LogP contribution in [0.1, 0.15) is 6.92 Å². The van der Waals surface area contributed by atoms with Gasteiger partial charge in [-0.1, -0.05) is 37.3 Å². The maximum atomic E-state index is 8.79. The molecule has 0 saturated carbocycles. The van der Waals surface area contributed by atoms with Gasteiger partial charge in [-0.15, -0.1) is 0 Å². The number of hydrogen-bond donors (Lipinski definition) is 2. The summed E-state index contributed by atoms with van der Waals surface area (Å²) >= 11 is 0. The van der Waals surface area contributed by atoms with E-state index in [9.17, 15) is 0 Å². The zero-order chi connectivity index (χ0) is 8.27. The fourth-order valence-corrected chi connectivity index (χ4v) is 0.897. The molecule has 1 aliphatic rings. The minimum absolute atomic E-state index is 0.363. The van der Waals surface area contributed by atoms with E-state index in [0.717, 1.165) is 0 Å². The van der Waals surface area contributed by atoms with Crippen molar-refractivity contribution in [1.82, 2.24) is 0 Å². The Morgan fingerprint density at radius 2 is 2.09 bits per heavy atom. The first-order valence-electron chi connectivity index (χ1n) is 3.63. The van der Waals surface area contributed by atoms with Crippen molar-refractivity contribution < 1.29 is 10.0 Å². The van der Waals surface area contributed by atoms with Crippen LogP contribution in [-0.2, 0) is 0 Å². The van der Waals surface area contributed by atoms with E-state index in [1.807, 2.05) is 25.2 Å². The van der Waals surface area contributed by atoms with Crippen molar-refractivity contribution >= 4 is 7.12 Å². The van der Waals surface area contributed by atoms with E-state index in [2.05, 4.69) is 0 Å². The summed E-state index contributed by atoms with van der Waals surface area (Å²) in [4.78, 5) is 0. The zero-order valence-electron chi connectivity index (χ0n) is 6.44. The van der Waals surface area contributed by atoms with Crippen LogP contribution in [0, 0.1) is 5.92 Å². The molecule has 0 aromatic carbocycles. The minimum Gasteiger partial charge on any atom is -0.423 e. The van der Waals surface area contributed by atoms with Crippen molar-refractivity contribution in [2.45, 2.75) is 6.92 Å². The first-order chi connectivity index (χ1) is 5.20. The van der Waals surface area contributed by atoms with Crippen LogP contribution < -0.4 is 0 Å². The molecular formula is C8H11BO2. The van der Waals surface area contributed by atoms with Crippen LogP contribution in [0.4, 0.5) is 0 Å². The van der Waals surface area contributed by atoms with Crippen molar-refractivity contribution in [3.63, 3.8) is 0 Å². The van der Waals surface area contributed by atoms with Crippen LogP contribution in [0.2, 0.25) is 0 Å². The molecule has 0 aromatic heterocycles. The van der Waals surface area contributed by atoms with Crippen LogP contribution in [0.3, 0.4) is 0 Å². The predicted octanol–water partition coefficient (Wildman–Crippen LogP) is 0.687. The molecule has 0 aliphatic heterocycles. The third-order valence-electron chi connectivity index (χ3n) is 1.59. The Morgan fingerprint density at radius 3 is 2.73 bits per heavy atom. The molecule has 0 amide bonds. The van der Waals surface area contributed by atoms with Gasteiger partial charge in [0.05, 0.1) is 0 Å². The highest BCUT2D eigenvalue weighted by Gasteiger charge is 2.11. The first-order valence-corrected chi connectivity index (χ1v) is 3.63. The molecule has 58 valence electrons. The average Bonchev–Trinajstić information content (AvgIpc) is 2.13. The Balaban J connectivity index is 2.76. The highest BCUT2D eigenvalue weighted by Crippen LogP contribution is 2.09. The van der Waals surface area contributed by atoms with Gasteiger partial charge in [-0.2, -0.15) is 0 Å². The van der Waals surface area contributed by atoms with Crippen LogP contribution in [0.15, 0.2) is 35.9 Å². The Hall–Kier alpha value is -0.795. The molecule has 0 saturated heterocycles. The highest BCUT2D eigenvalue weighted by molar-refractivity contribution is 6.51. The fourth-order valence-electron chi connectivity index (χ4n) is 0.897. The normalized spacial score (nSPS) is 22.8. The third kappa shape index (κ3) is 2.37. The van der Waals surface area contributed by atoms with E-state index < -0.39 is 7.12 Å². The summed E-state index contributed by atoms with van der Waals surface area (Å²) in [5, 5.41) is 17.6. The Morgan fingerprint density at radius 1 is 1.36 bits per heavy atom. The first kappa shape index (κ1) is 8.30. The van der Waals surface area contributed by atoms with Gasteiger partial charge in [0.25, 0.3) is 0 Å². The van der Waals surface area contributed by atoms with Crippen LogP contribution in [0.25, 0.3) is 0 Å². The van der Waals surface area contributed by atoms with Gasteiger partial charge in [0, 0.05) is 0 Å². The lowest BCUT2D eigenvalue weighted by molar-refractivity contribution is 0.420. The van der Waals surface area contributed by atoms with Crippen LogP contribution in [-0.4, -0.2) is 17.2 Å². The van der Waals surface area contributed by atoms with E-state index in [1.165, 1.54) is 0 Å². The number of hydrogen-bond acceptors (Lipinski definition) is 2. The SMILES string of the molecule is CC1C=CC=C(B(O)O)C=C1. The fraction of sp³-hybridized carbons (Fsp3) is 0.250. The summed E-state index contributed by atoms with van der Waals surface area (Å²) in [7, 11) is -1.36. The standard InChI is InChI=1S/C8H11BO2/c1-7-3-2-4-8(6-5-7)9(10)11/h2-7,10-11H,1H3. The van der Waals surface area contributed by atoms with Crippen LogP contribution in [0.5, 0.6) is 0 Å². The second-order valence-corrected chi connectivity index (χ2v) is 2.64. The Bertz CT molecular complexity index is 216. The molecule has 1 rings (SSSR count). The summed E-state index contributed by atoms with van der Waals surface area (Å²) in [6.07, 6.45) is 9.18. The lowest BCUT2D eigenvalue weighted by atomic mass is 9.79. The van der Waals surface area contributed by atoms with Crippen molar-refractivity contribution in [3.05, 3.63) is 35.9 Å². The average molecular weight is 150 g/mol. The number of allylic oxidation sites excluding steroid dienone is 6. The van der Waals surface area contributed by atoms with Crippen molar-refractivity contribution in [2.75, 3.05) is 0 Å².